The third-order valence-electron chi connectivity index (χ3n) is 4.92. The van der Waals surface area contributed by atoms with Crippen molar-refractivity contribution in [3.8, 4) is 0 Å². The topological polar surface area (TPSA) is 41.6 Å². The average Bonchev–Trinajstić information content (AvgIpc) is 3.07. The first-order valence-corrected chi connectivity index (χ1v) is 7.52. The van der Waals surface area contributed by atoms with E-state index in [9.17, 15) is 4.79 Å². The number of amides is 1. The second-order valence-electron chi connectivity index (χ2n) is 6.12. The smallest absolute Gasteiger partial charge is 0.256 e. The van der Waals surface area contributed by atoms with Crippen LogP contribution in [0.5, 0.6) is 0 Å². The van der Waals surface area contributed by atoms with Crippen molar-refractivity contribution < 1.29 is 9.53 Å². The number of carbonyl (C=O) groups is 1. The number of benzene rings is 1. The van der Waals surface area contributed by atoms with Crippen LogP contribution in [0, 0.1) is 11.8 Å². The Bertz CT molecular complexity index is 519. The molecular weight excluding hydrogens is 252 g/mol. The van der Waals surface area contributed by atoms with Crippen molar-refractivity contribution in [2.75, 3.05) is 32.8 Å². The van der Waals surface area contributed by atoms with Gasteiger partial charge in [0.25, 0.3) is 5.91 Å². The van der Waals surface area contributed by atoms with E-state index in [1.165, 1.54) is 5.56 Å². The molecule has 0 spiro atoms. The summed E-state index contributed by atoms with van der Waals surface area (Å²) in [5, 5.41) is 3.41. The zero-order chi connectivity index (χ0) is 13.5. The van der Waals surface area contributed by atoms with Gasteiger partial charge < -0.3 is 15.0 Å². The van der Waals surface area contributed by atoms with E-state index in [0.717, 1.165) is 38.2 Å². The number of hydrogen-bond acceptors (Lipinski definition) is 3. The van der Waals surface area contributed by atoms with Gasteiger partial charge in [-0.3, -0.25) is 4.79 Å². The van der Waals surface area contributed by atoms with Crippen LogP contribution in [0.1, 0.15) is 17.2 Å². The lowest BCUT2D eigenvalue weighted by Gasteiger charge is -2.29. The van der Waals surface area contributed by atoms with Gasteiger partial charge in [0, 0.05) is 26.2 Å². The van der Waals surface area contributed by atoms with E-state index in [1.54, 1.807) is 0 Å². The monoisotopic (exact) mass is 272 g/mol. The van der Waals surface area contributed by atoms with Gasteiger partial charge >= 0.3 is 0 Å². The van der Waals surface area contributed by atoms with E-state index < -0.39 is 0 Å². The zero-order valence-electron chi connectivity index (χ0n) is 11.5. The van der Waals surface area contributed by atoms with E-state index >= 15 is 0 Å². The van der Waals surface area contributed by atoms with Crippen molar-refractivity contribution in [2.24, 2.45) is 11.8 Å². The third-order valence-corrected chi connectivity index (χ3v) is 4.92. The van der Waals surface area contributed by atoms with Gasteiger partial charge in [0.05, 0.1) is 6.61 Å². The summed E-state index contributed by atoms with van der Waals surface area (Å²) < 4.78 is 5.79. The lowest BCUT2D eigenvalue weighted by Crippen LogP contribution is -2.38. The molecule has 3 heterocycles. The highest BCUT2D eigenvalue weighted by Crippen LogP contribution is 2.32. The maximum absolute atomic E-state index is 12.8. The van der Waals surface area contributed by atoms with Gasteiger partial charge in [-0.2, -0.15) is 0 Å². The minimum atomic E-state index is -0.383. The number of fused-ring (bicyclic) bond motifs is 2. The molecule has 106 valence electrons. The van der Waals surface area contributed by atoms with Gasteiger partial charge in [-0.05, 0) is 29.4 Å². The van der Waals surface area contributed by atoms with Gasteiger partial charge in [-0.1, -0.05) is 24.3 Å². The molecule has 1 N–H and O–H groups in total. The number of carbonyl (C=O) groups excluding carboxylic acids is 1. The van der Waals surface area contributed by atoms with Gasteiger partial charge in [-0.25, -0.2) is 0 Å². The van der Waals surface area contributed by atoms with Crippen molar-refractivity contribution in [1.82, 2.24) is 10.2 Å². The SMILES string of the molecule is O=C(C1OCCc2ccccc21)N1CC2CNCC2C1. The van der Waals surface area contributed by atoms with Crippen LogP contribution in [0.25, 0.3) is 0 Å². The maximum Gasteiger partial charge on any atom is 0.256 e. The largest absolute Gasteiger partial charge is 0.363 e. The summed E-state index contributed by atoms with van der Waals surface area (Å²) in [5.41, 5.74) is 2.33. The minimum Gasteiger partial charge on any atom is -0.363 e. The number of hydrogen-bond donors (Lipinski definition) is 1. The highest BCUT2D eigenvalue weighted by molar-refractivity contribution is 5.83. The first-order chi connectivity index (χ1) is 9.83. The molecule has 0 saturated carbocycles. The Labute approximate surface area is 119 Å². The van der Waals surface area contributed by atoms with E-state index in [-0.39, 0.29) is 12.0 Å². The van der Waals surface area contributed by atoms with Crippen LogP contribution in [-0.2, 0) is 16.0 Å². The van der Waals surface area contributed by atoms with Crippen molar-refractivity contribution >= 4 is 5.91 Å². The summed E-state index contributed by atoms with van der Waals surface area (Å²) in [5.74, 6) is 1.43. The summed E-state index contributed by atoms with van der Waals surface area (Å²) in [6.45, 7) is 4.53. The van der Waals surface area contributed by atoms with Gasteiger partial charge in [0.1, 0.15) is 0 Å². The first-order valence-electron chi connectivity index (χ1n) is 7.52. The molecule has 1 aromatic carbocycles. The molecule has 4 heteroatoms. The van der Waals surface area contributed by atoms with Gasteiger partial charge in [-0.15, -0.1) is 0 Å². The van der Waals surface area contributed by atoms with Crippen molar-refractivity contribution in [3.05, 3.63) is 35.4 Å². The molecule has 2 fully saturated rings. The van der Waals surface area contributed by atoms with Crippen LogP contribution in [-0.4, -0.2) is 43.6 Å². The van der Waals surface area contributed by atoms with Crippen LogP contribution >= 0.6 is 0 Å². The molecule has 0 aromatic heterocycles. The minimum absolute atomic E-state index is 0.159. The molecule has 4 rings (SSSR count). The lowest BCUT2D eigenvalue weighted by atomic mass is 9.97. The van der Waals surface area contributed by atoms with E-state index in [0.29, 0.717) is 18.4 Å². The summed E-state index contributed by atoms with van der Waals surface area (Å²) in [6, 6.07) is 8.18. The van der Waals surface area contributed by atoms with E-state index in [4.69, 9.17) is 4.74 Å². The quantitative estimate of drug-likeness (QED) is 0.828. The molecule has 1 aromatic rings. The molecule has 4 nitrogen and oxygen atoms in total. The van der Waals surface area contributed by atoms with E-state index in [2.05, 4.69) is 11.4 Å². The van der Waals surface area contributed by atoms with Crippen molar-refractivity contribution in [2.45, 2.75) is 12.5 Å². The molecule has 3 aliphatic rings. The molecular formula is C16H20N2O2. The molecule has 0 aliphatic carbocycles. The van der Waals surface area contributed by atoms with Crippen molar-refractivity contribution in [1.29, 1.82) is 0 Å². The standard InChI is InChI=1S/C16H20N2O2/c19-16(18-9-12-7-17-8-13(12)10-18)15-14-4-2-1-3-11(14)5-6-20-15/h1-4,12-13,15,17H,5-10H2. The van der Waals surface area contributed by atoms with Gasteiger partial charge in [0.15, 0.2) is 6.10 Å². The Morgan fingerprint density at radius 3 is 2.75 bits per heavy atom. The predicted molar refractivity (Wildman–Crippen MR) is 75.3 cm³/mol. The maximum atomic E-state index is 12.8. The molecule has 3 atom stereocenters. The fourth-order valence-electron chi connectivity index (χ4n) is 3.80. The number of rotatable bonds is 1. The Kier molecular flexibility index (Phi) is 3.00. The highest BCUT2D eigenvalue weighted by atomic mass is 16.5. The zero-order valence-corrected chi connectivity index (χ0v) is 11.5. The number of ether oxygens (including phenoxy) is 1. The summed E-state index contributed by atoms with van der Waals surface area (Å²) in [6.07, 6.45) is 0.529. The van der Waals surface area contributed by atoms with Crippen LogP contribution < -0.4 is 5.32 Å². The number of nitrogens with one attached hydrogen (secondary N) is 1. The summed E-state index contributed by atoms with van der Waals surface area (Å²) in [7, 11) is 0. The Morgan fingerprint density at radius 2 is 1.95 bits per heavy atom. The molecule has 0 bridgehead atoms. The second-order valence-corrected chi connectivity index (χ2v) is 6.12. The predicted octanol–water partition coefficient (Wildman–Crippen LogP) is 0.978. The molecule has 2 saturated heterocycles. The fraction of sp³-hybridized carbons (Fsp3) is 0.562. The van der Waals surface area contributed by atoms with Crippen LogP contribution in [0.15, 0.2) is 24.3 Å². The highest BCUT2D eigenvalue weighted by Gasteiger charge is 2.41. The Morgan fingerprint density at radius 1 is 1.20 bits per heavy atom. The van der Waals surface area contributed by atoms with Crippen LogP contribution in [0.2, 0.25) is 0 Å². The average molecular weight is 272 g/mol. The van der Waals surface area contributed by atoms with Crippen molar-refractivity contribution in [3.63, 3.8) is 0 Å². The normalized spacial score (nSPS) is 32.0. The third kappa shape index (κ3) is 1.95. The Hall–Kier alpha value is -1.39. The molecule has 3 aliphatic heterocycles. The van der Waals surface area contributed by atoms with Gasteiger partial charge in [0.2, 0.25) is 0 Å². The lowest BCUT2D eigenvalue weighted by molar-refractivity contribution is -0.144. The Balaban J connectivity index is 1.55. The first kappa shape index (κ1) is 12.4. The van der Waals surface area contributed by atoms with Crippen LogP contribution in [0.3, 0.4) is 0 Å². The molecule has 1 amide bonds. The molecule has 0 radical (unpaired) electrons. The second kappa shape index (κ2) is 4.86. The van der Waals surface area contributed by atoms with E-state index in [1.807, 2.05) is 23.1 Å². The fourth-order valence-corrected chi connectivity index (χ4v) is 3.80. The summed E-state index contributed by atoms with van der Waals surface area (Å²) in [4.78, 5) is 14.8. The number of nitrogens with zero attached hydrogens (tertiary/aromatic N) is 1. The van der Waals surface area contributed by atoms with Crippen LogP contribution in [0.4, 0.5) is 0 Å². The number of likely N-dealkylation sites (tertiary alicyclic amines) is 1. The summed E-state index contributed by atoms with van der Waals surface area (Å²) >= 11 is 0. The molecule has 3 unspecified atom stereocenters. The molecule has 20 heavy (non-hydrogen) atoms.